The summed E-state index contributed by atoms with van der Waals surface area (Å²) in [5.41, 5.74) is 1.20. The van der Waals surface area contributed by atoms with Gasteiger partial charge in [0.15, 0.2) is 11.5 Å². The van der Waals surface area contributed by atoms with Crippen LogP contribution in [-0.2, 0) is 9.47 Å². The van der Waals surface area contributed by atoms with E-state index in [2.05, 4.69) is 20.3 Å². The topological polar surface area (TPSA) is 92.3 Å². The summed E-state index contributed by atoms with van der Waals surface area (Å²) in [7, 11) is 0. The van der Waals surface area contributed by atoms with Gasteiger partial charge in [0, 0.05) is 12.2 Å². The average Bonchev–Trinajstić information content (AvgIpc) is 3.37. The Morgan fingerprint density at radius 2 is 1.92 bits per heavy atom. The van der Waals surface area contributed by atoms with Gasteiger partial charge in [0.25, 0.3) is 0 Å². The van der Waals surface area contributed by atoms with Gasteiger partial charge in [-0.3, -0.25) is 0 Å². The third-order valence-electron chi connectivity index (χ3n) is 5.91. The lowest BCUT2D eigenvalue weighted by molar-refractivity contribution is -0.274. The van der Waals surface area contributed by atoms with E-state index in [4.69, 9.17) is 9.47 Å². The number of nitrogens with zero attached hydrogens (tertiary/aromatic N) is 1. The summed E-state index contributed by atoms with van der Waals surface area (Å²) in [6, 6.07) is 3.40. The number of alkyl halides is 3. The number of aliphatic hydroxyl groups is 1. The Hall–Kier alpha value is -3.44. The number of amides is 2. The fraction of sp³-hybridized carbons (Fsp3) is 0.400. The molecule has 0 bridgehead atoms. The largest absolute Gasteiger partial charge is 0.573 e. The number of nitrogens with one attached hydrogen (secondary N) is 2. The van der Waals surface area contributed by atoms with E-state index in [-0.39, 0.29) is 11.4 Å². The van der Waals surface area contributed by atoms with Gasteiger partial charge in [0.05, 0.1) is 6.04 Å². The van der Waals surface area contributed by atoms with Gasteiger partial charge < -0.3 is 34.9 Å². The van der Waals surface area contributed by atoms with Crippen molar-refractivity contribution in [3.63, 3.8) is 0 Å². The quantitative estimate of drug-likeness (QED) is 0.479. The molecule has 1 saturated heterocycles. The molecule has 11 heteroatoms. The molecule has 194 valence electrons. The van der Waals surface area contributed by atoms with Gasteiger partial charge in [0.1, 0.15) is 24.4 Å². The molecule has 0 unspecified atom stereocenters. The fourth-order valence-corrected chi connectivity index (χ4v) is 4.16. The molecule has 8 nitrogen and oxygen atoms in total. The second kappa shape index (κ2) is 11.5. The Bertz CT molecular complexity index is 1040. The molecule has 1 fully saturated rings. The lowest BCUT2D eigenvalue weighted by Gasteiger charge is -2.30. The Morgan fingerprint density at radius 3 is 2.58 bits per heavy atom. The van der Waals surface area contributed by atoms with Crippen molar-refractivity contribution < 1.29 is 37.3 Å². The molecule has 3 N–H and O–H groups in total. The van der Waals surface area contributed by atoms with E-state index < -0.39 is 30.3 Å². The number of aliphatic hydroxyl groups excluding tert-OH is 1. The molecular formula is C25H28F3N3O5. The number of carbonyl (C=O) groups is 1. The average molecular weight is 508 g/mol. The van der Waals surface area contributed by atoms with Crippen molar-refractivity contribution in [2.24, 2.45) is 0 Å². The Labute approximate surface area is 206 Å². The van der Waals surface area contributed by atoms with Crippen molar-refractivity contribution in [2.75, 3.05) is 25.0 Å². The van der Waals surface area contributed by atoms with Gasteiger partial charge in [-0.25, -0.2) is 4.79 Å². The zero-order chi connectivity index (χ0) is 25.5. The number of benzene rings is 1. The van der Waals surface area contributed by atoms with E-state index in [0.29, 0.717) is 12.3 Å². The molecule has 2 atom stereocenters. The van der Waals surface area contributed by atoms with Crippen LogP contribution in [0.15, 0.2) is 72.1 Å². The SMILES string of the molecule is O=C(Nc1ccc(OC(F)(F)F)cc1)N[C@H](CN1CCCC1)[C@@H](O)C1=COC=C(C2=CC=CCC2)O1. The maximum atomic E-state index is 12.7. The molecule has 4 rings (SSSR count). The van der Waals surface area contributed by atoms with E-state index in [0.717, 1.165) is 56.5 Å². The number of allylic oxidation sites excluding steroid dienone is 4. The molecule has 2 amide bonds. The van der Waals surface area contributed by atoms with Crippen LogP contribution in [0.25, 0.3) is 0 Å². The van der Waals surface area contributed by atoms with Crippen molar-refractivity contribution in [1.29, 1.82) is 0 Å². The maximum absolute atomic E-state index is 12.7. The van der Waals surface area contributed by atoms with Gasteiger partial charge in [0.2, 0.25) is 0 Å². The number of hydrogen-bond acceptors (Lipinski definition) is 6. The van der Waals surface area contributed by atoms with E-state index in [1.165, 1.54) is 24.7 Å². The number of hydrogen-bond donors (Lipinski definition) is 3. The number of rotatable bonds is 8. The summed E-state index contributed by atoms with van der Waals surface area (Å²) < 4.78 is 52.3. The van der Waals surface area contributed by atoms with E-state index >= 15 is 0 Å². The summed E-state index contributed by atoms with van der Waals surface area (Å²) in [4.78, 5) is 14.9. The highest BCUT2D eigenvalue weighted by molar-refractivity contribution is 5.89. The van der Waals surface area contributed by atoms with Gasteiger partial charge in [-0.2, -0.15) is 0 Å². The molecule has 36 heavy (non-hydrogen) atoms. The van der Waals surface area contributed by atoms with Crippen LogP contribution >= 0.6 is 0 Å². The third-order valence-corrected chi connectivity index (χ3v) is 5.91. The lowest BCUT2D eigenvalue weighted by atomic mass is 10.0. The number of anilines is 1. The van der Waals surface area contributed by atoms with Crippen LogP contribution in [0.3, 0.4) is 0 Å². The van der Waals surface area contributed by atoms with Crippen molar-refractivity contribution in [2.45, 2.75) is 44.2 Å². The summed E-state index contributed by atoms with van der Waals surface area (Å²) in [6.07, 6.45) is 6.38. The smallest absolute Gasteiger partial charge is 0.465 e. The minimum Gasteiger partial charge on any atom is -0.465 e. The van der Waals surface area contributed by atoms with Crippen molar-refractivity contribution in [1.82, 2.24) is 10.2 Å². The molecule has 2 aliphatic heterocycles. The monoisotopic (exact) mass is 507 g/mol. The first-order valence-corrected chi connectivity index (χ1v) is 11.7. The molecule has 1 aromatic carbocycles. The van der Waals surface area contributed by atoms with Crippen molar-refractivity contribution in [3.05, 3.63) is 72.1 Å². The Morgan fingerprint density at radius 1 is 1.17 bits per heavy atom. The zero-order valence-corrected chi connectivity index (χ0v) is 19.5. The molecule has 0 aromatic heterocycles. The molecule has 0 saturated carbocycles. The number of likely N-dealkylation sites (tertiary alicyclic amines) is 1. The molecule has 3 aliphatic rings. The van der Waals surface area contributed by atoms with Crippen molar-refractivity contribution in [3.8, 4) is 5.75 Å². The standard InChI is InChI=1S/C25H28F3N3O5/c26-25(27,28)36-19-10-8-18(9-11-19)29-24(33)30-20(14-31-12-4-5-13-31)23(32)22-16-34-15-21(35-22)17-6-2-1-3-7-17/h1-2,6,8-11,15-16,20,23,32H,3-5,7,12-14H2,(H2,29,30,33)/t20-,23-/m1/s1. The number of ether oxygens (including phenoxy) is 3. The highest BCUT2D eigenvalue weighted by atomic mass is 19.4. The van der Waals surface area contributed by atoms with E-state index in [1.807, 2.05) is 18.2 Å². The van der Waals surface area contributed by atoms with Crippen LogP contribution in [0.1, 0.15) is 25.7 Å². The minimum atomic E-state index is -4.80. The first-order chi connectivity index (χ1) is 17.3. The van der Waals surface area contributed by atoms with Crippen molar-refractivity contribution >= 4 is 11.7 Å². The highest BCUT2D eigenvalue weighted by Crippen LogP contribution is 2.28. The Balaban J connectivity index is 1.40. The van der Waals surface area contributed by atoms with Gasteiger partial charge in [-0.15, -0.1) is 13.2 Å². The summed E-state index contributed by atoms with van der Waals surface area (Å²) in [5.74, 6) is 0.271. The minimum absolute atomic E-state index is 0.168. The van der Waals surface area contributed by atoms with Crippen LogP contribution < -0.4 is 15.4 Å². The first kappa shape index (κ1) is 25.6. The van der Waals surface area contributed by atoms with Crippen LogP contribution in [-0.4, -0.2) is 54.2 Å². The van der Waals surface area contributed by atoms with Gasteiger partial charge >= 0.3 is 12.4 Å². The number of urea groups is 1. The predicted octanol–water partition coefficient (Wildman–Crippen LogP) is 4.54. The Kier molecular flexibility index (Phi) is 8.21. The molecule has 1 aliphatic carbocycles. The second-order valence-electron chi connectivity index (χ2n) is 8.63. The molecule has 1 aromatic rings. The van der Waals surface area contributed by atoms with E-state index in [9.17, 15) is 23.1 Å². The number of halogens is 3. The second-order valence-corrected chi connectivity index (χ2v) is 8.63. The van der Waals surface area contributed by atoms with Gasteiger partial charge in [-0.1, -0.05) is 18.2 Å². The van der Waals surface area contributed by atoms with Crippen LogP contribution in [0, 0.1) is 0 Å². The lowest BCUT2D eigenvalue weighted by Crippen LogP contribution is -2.52. The molecule has 0 spiro atoms. The van der Waals surface area contributed by atoms with E-state index in [1.54, 1.807) is 0 Å². The summed E-state index contributed by atoms with van der Waals surface area (Å²) in [6.45, 7) is 2.06. The normalized spacial score (nSPS) is 19.7. The van der Waals surface area contributed by atoms with Gasteiger partial charge in [-0.05, 0) is 68.6 Å². The van der Waals surface area contributed by atoms with Crippen LogP contribution in [0.4, 0.5) is 23.7 Å². The summed E-state index contributed by atoms with van der Waals surface area (Å²) in [5, 5.41) is 16.5. The van der Waals surface area contributed by atoms with Crippen LogP contribution in [0.5, 0.6) is 5.75 Å². The molecular weight excluding hydrogens is 479 g/mol. The number of carbonyl (C=O) groups excluding carboxylic acids is 1. The summed E-state index contributed by atoms with van der Waals surface area (Å²) >= 11 is 0. The third kappa shape index (κ3) is 7.28. The first-order valence-electron chi connectivity index (χ1n) is 11.7. The highest BCUT2D eigenvalue weighted by Gasteiger charge is 2.32. The fourth-order valence-electron chi connectivity index (χ4n) is 4.16. The van der Waals surface area contributed by atoms with Crippen LogP contribution in [0.2, 0.25) is 0 Å². The zero-order valence-electron chi connectivity index (χ0n) is 19.5. The maximum Gasteiger partial charge on any atom is 0.573 e. The molecule has 0 radical (unpaired) electrons. The molecule has 2 heterocycles. The predicted molar refractivity (Wildman–Crippen MR) is 126 cm³/mol.